The van der Waals surface area contributed by atoms with Crippen LogP contribution >= 0.6 is 0 Å². The fraction of sp³-hybridized carbons (Fsp3) is 0.667. The van der Waals surface area contributed by atoms with Gasteiger partial charge in [0.2, 0.25) is 0 Å². The number of ether oxygens (including phenoxy) is 1. The Hall–Kier alpha value is -1.44. The van der Waals surface area contributed by atoms with Crippen molar-refractivity contribution in [1.82, 2.24) is 0 Å². The van der Waals surface area contributed by atoms with Gasteiger partial charge in [-0.25, -0.2) is 0 Å². The fourth-order valence-electron chi connectivity index (χ4n) is 4.61. The molecule has 26 heavy (non-hydrogen) atoms. The van der Waals surface area contributed by atoms with Crippen molar-refractivity contribution in [1.29, 1.82) is 0 Å². The molecule has 3 rings (SSSR count). The number of aromatic hydroxyl groups is 1. The summed E-state index contributed by atoms with van der Waals surface area (Å²) in [5.41, 5.74) is 5.09. The molecule has 1 aliphatic carbocycles. The van der Waals surface area contributed by atoms with Crippen molar-refractivity contribution in [3.63, 3.8) is 0 Å². The number of fused-ring (bicyclic) bond motifs is 2. The lowest BCUT2D eigenvalue weighted by Crippen LogP contribution is -2.25. The Labute approximate surface area is 159 Å². The maximum atomic E-state index is 10.9. The lowest BCUT2D eigenvalue weighted by atomic mass is 9.72. The Morgan fingerprint density at radius 2 is 1.92 bits per heavy atom. The molecule has 1 N–H and O–H groups in total. The van der Waals surface area contributed by atoms with Crippen LogP contribution in [0, 0.1) is 11.3 Å². The molecule has 0 aromatic heterocycles. The van der Waals surface area contributed by atoms with Crippen molar-refractivity contribution < 1.29 is 9.84 Å². The number of rotatable bonds is 6. The van der Waals surface area contributed by atoms with Gasteiger partial charge in [0, 0.05) is 5.41 Å². The van der Waals surface area contributed by atoms with Gasteiger partial charge in [-0.15, -0.1) is 0 Å². The van der Waals surface area contributed by atoms with Gasteiger partial charge in [0.15, 0.2) is 0 Å². The first kappa shape index (κ1) is 19.3. The summed E-state index contributed by atoms with van der Waals surface area (Å²) in [6.07, 6.45) is 10.8. The highest BCUT2D eigenvalue weighted by molar-refractivity contribution is 5.80. The molecule has 1 heterocycles. The van der Waals surface area contributed by atoms with Gasteiger partial charge in [-0.2, -0.15) is 0 Å². The molecule has 0 fully saturated rings. The van der Waals surface area contributed by atoms with Crippen LogP contribution in [0.2, 0.25) is 0 Å². The van der Waals surface area contributed by atoms with Crippen molar-refractivity contribution in [2.75, 3.05) is 6.61 Å². The van der Waals surface area contributed by atoms with Gasteiger partial charge in [-0.3, -0.25) is 0 Å². The molecule has 0 amide bonds. The number of phenols is 1. The van der Waals surface area contributed by atoms with Crippen LogP contribution < -0.4 is 4.74 Å². The van der Waals surface area contributed by atoms with E-state index in [0.717, 1.165) is 30.6 Å². The monoisotopic (exact) mass is 356 g/mol. The molecule has 0 radical (unpaired) electrons. The van der Waals surface area contributed by atoms with E-state index in [0.29, 0.717) is 18.3 Å². The van der Waals surface area contributed by atoms with Gasteiger partial charge < -0.3 is 9.84 Å². The molecular weight excluding hydrogens is 320 g/mol. The van der Waals surface area contributed by atoms with Crippen LogP contribution in [0.5, 0.6) is 11.5 Å². The second-order valence-electron chi connectivity index (χ2n) is 9.13. The molecule has 1 unspecified atom stereocenters. The smallest absolute Gasteiger partial charge is 0.130 e. The molecule has 0 bridgehead atoms. The van der Waals surface area contributed by atoms with E-state index in [1.165, 1.54) is 55.2 Å². The Kier molecular flexibility index (Phi) is 5.99. The largest absolute Gasteiger partial charge is 0.507 e. The molecule has 2 aliphatic rings. The second-order valence-corrected chi connectivity index (χ2v) is 9.13. The molecule has 0 spiro atoms. The molecule has 2 nitrogen and oxygen atoms in total. The molecule has 0 saturated carbocycles. The van der Waals surface area contributed by atoms with Crippen LogP contribution in [0.15, 0.2) is 17.7 Å². The number of benzene rings is 1. The van der Waals surface area contributed by atoms with Crippen LogP contribution in [-0.2, 0) is 6.42 Å². The lowest BCUT2D eigenvalue weighted by Gasteiger charge is -2.33. The first-order valence-electron chi connectivity index (χ1n) is 10.6. The minimum atomic E-state index is 0.0429. The van der Waals surface area contributed by atoms with Crippen LogP contribution in [0.1, 0.15) is 90.2 Å². The summed E-state index contributed by atoms with van der Waals surface area (Å²) in [6, 6.07) is 4.18. The molecule has 1 aromatic carbocycles. The maximum Gasteiger partial charge on any atom is 0.130 e. The third kappa shape index (κ3) is 4.10. The number of unbranched alkanes of at least 4 members (excludes halogenated alkanes) is 4. The van der Waals surface area contributed by atoms with E-state index in [1.807, 2.05) is 6.07 Å². The summed E-state index contributed by atoms with van der Waals surface area (Å²) in [6.45, 7) is 9.85. The van der Waals surface area contributed by atoms with Gasteiger partial charge in [-0.1, -0.05) is 59.0 Å². The predicted octanol–water partition coefficient (Wildman–Crippen LogP) is 6.90. The Balaban J connectivity index is 1.87. The van der Waals surface area contributed by atoms with Gasteiger partial charge in [-0.05, 0) is 61.3 Å². The van der Waals surface area contributed by atoms with E-state index in [-0.39, 0.29) is 5.41 Å². The highest BCUT2D eigenvalue weighted by Crippen LogP contribution is 2.51. The zero-order chi connectivity index (χ0) is 18.7. The fourth-order valence-corrected chi connectivity index (χ4v) is 4.61. The number of allylic oxidation sites excluding steroid dienone is 1. The number of hydrogen-bond donors (Lipinski definition) is 1. The van der Waals surface area contributed by atoms with Crippen LogP contribution in [0.3, 0.4) is 0 Å². The van der Waals surface area contributed by atoms with Crippen molar-refractivity contribution in [2.45, 2.75) is 85.5 Å². The Morgan fingerprint density at radius 1 is 1.15 bits per heavy atom. The number of hydrogen-bond acceptors (Lipinski definition) is 2. The molecular formula is C24H36O2. The zero-order valence-corrected chi connectivity index (χ0v) is 17.2. The van der Waals surface area contributed by atoms with E-state index in [1.54, 1.807) is 0 Å². The van der Waals surface area contributed by atoms with Crippen LogP contribution in [0.25, 0.3) is 5.57 Å². The minimum absolute atomic E-state index is 0.0429. The SMILES string of the molecule is CCCCCCCc1cc(O)c2c(c1)OCC(C)(C)C1=C2CC(C)CC1. The normalized spacial score (nSPS) is 21.6. The lowest BCUT2D eigenvalue weighted by molar-refractivity contribution is 0.209. The van der Waals surface area contributed by atoms with E-state index in [4.69, 9.17) is 4.74 Å². The predicted molar refractivity (Wildman–Crippen MR) is 110 cm³/mol. The minimum Gasteiger partial charge on any atom is -0.507 e. The molecule has 1 aromatic rings. The first-order chi connectivity index (χ1) is 12.4. The van der Waals surface area contributed by atoms with Crippen molar-refractivity contribution in [3.05, 3.63) is 28.8 Å². The number of aryl methyl sites for hydroxylation is 1. The van der Waals surface area contributed by atoms with Crippen LogP contribution in [-0.4, -0.2) is 11.7 Å². The molecule has 1 aliphatic heterocycles. The molecule has 2 heteroatoms. The average Bonchev–Trinajstić information content (AvgIpc) is 2.69. The first-order valence-corrected chi connectivity index (χ1v) is 10.6. The molecule has 144 valence electrons. The summed E-state index contributed by atoms with van der Waals surface area (Å²) in [7, 11) is 0. The average molecular weight is 357 g/mol. The van der Waals surface area contributed by atoms with E-state index in [9.17, 15) is 5.11 Å². The van der Waals surface area contributed by atoms with Crippen LogP contribution in [0.4, 0.5) is 0 Å². The molecule has 0 saturated heterocycles. The summed E-state index contributed by atoms with van der Waals surface area (Å²) < 4.78 is 6.26. The Bertz CT molecular complexity index is 669. The van der Waals surface area contributed by atoms with Gasteiger partial charge in [0.1, 0.15) is 11.5 Å². The topological polar surface area (TPSA) is 29.5 Å². The van der Waals surface area contributed by atoms with E-state index >= 15 is 0 Å². The summed E-state index contributed by atoms with van der Waals surface area (Å²) in [5.74, 6) is 2.00. The standard InChI is InChI=1S/C24H36O2/c1-5-6-7-8-9-10-18-14-21(25)23-19-13-17(2)11-12-20(19)24(3,4)16-26-22(23)15-18/h14-15,17,25H,5-13,16H2,1-4H3. The van der Waals surface area contributed by atoms with Gasteiger partial charge in [0.05, 0.1) is 12.2 Å². The van der Waals surface area contributed by atoms with Gasteiger partial charge >= 0.3 is 0 Å². The van der Waals surface area contributed by atoms with Crippen molar-refractivity contribution in [3.8, 4) is 11.5 Å². The summed E-state index contributed by atoms with van der Waals surface area (Å²) in [5, 5.41) is 10.9. The summed E-state index contributed by atoms with van der Waals surface area (Å²) in [4.78, 5) is 0. The van der Waals surface area contributed by atoms with Crippen molar-refractivity contribution >= 4 is 5.57 Å². The highest BCUT2D eigenvalue weighted by atomic mass is 16.5. The Morgan fingerprint density at radius 3 is 2.69 bits per heavy atom. The van der Waals surface area contributed by atoms with Crippen molar-refractivity contribution in [2.24, 2.45) is 11.3 Å². The van der Waals surface area contributed by atoms with Gasteiger partial charge in [0.25, 0.3) is 0 Å². The highest BCUT2D eigenvalue weighted by Gasteiger charge is 2.35. The quantitative estimate of drug-likeness (QED) is 0.562. The zero-order valence-electron chi connectivity index (χ0n) is 17.2. The third-order valence-electron chi connectivity index (χ3n) is 6.22. The third-order valence-corrected chi connectivity index (χ3v) is 6.22. The second kappa shape index (κ2) is 8.06. The number of phenolic OH excluding ortho intramolecular Hbond substituents is 1. The van der Waals surface area contributed by atoms with E-state index in [2.05, 4.69) is 33.8 Å². The van der Waals surface area contributed by atoms with E-state index < -0.39 is 0 Å². The molecule has 1 atom stereocenters. The summed E-state index contributed by atoms with van der Waals surface area (Å²) >= 11 is 0. The maximum absolute atomic E-state index is 10.9.